The summed E-state index contributed by atoms with van der Waals surface area (Å²) in [7, 11) is 0. The molecule has 1 saturated heterocycles. The summed E-state index contributed by atoms with van der Waals surface area (Å²) >= 11 is 0. The summed E-state index contributed by atoms with van der Waals surface area (Å²) in [4.78, 5) is 14.7. The van der Waals surface area contributed by atoms with Crippen molar-refractivity contribution in [1.29, 1.82) is 0 Å². The van der Waals surface area contributed by atoms with Crippen LogP contribution in [0, 0.1) is 17.3 Å². The molecule has 3 N–H and O–H groups in total. The summed E-state index contributed by atoms with van der Waals surface area (Å²) in [6.45, 7) is 3.60. The molecule has 102 valence electrons. The van der Waals surface area contributed by atoms with Gasteiger partial charge in [-0.2, -0.15) is 0 Å². The number of carbonyl (C=O) groups is 1. The SMILES string of the molecule is CC1(C(=O)N2CC3CCC(O)C3C2)CCCC1N. The molecule has 5 atom stereocenters. The van der Waals surface area contributed by atoms with E-state index in [1.54, 1.807) is 0 Å². The van der Waals surface area contributed by atoms with Crippen molar-refractivity contribution in [3.8, 4) is 0 Å². The van der Waals surface area contributed by atoms with Gasteiger partial charge in [-0.25, -0.2) is 0 Å². The molecule has 3 fully saturated rings. The van der Waals surface area contributed by atoms with Crippen LogP contribution in [0.5, 0.6) is 0 Å². The summed E-state index contributed by atoms with van der Waals surface area (Å²) in [5.41, 5.74) is 5.77. The second-order valence-electron chi connectivity index (χ2n) is 6.69. The van der Waals surface area contributed by atoms with E-state index in [0.717, 1.165) is 45.2 Å². The van der Waals surface area contributed by atoms with E-state index in [9.17, 15) is 9.90 Å². The monoisotopic (exact) mass is 252 g/mol. The van der Waals surface area contributed by atoms with Gasteiger partial charge in [0.1, 0.15) is 0 Å². The summed E-state index contributed by atoms with van der Waals surface area (Å²) in [5, 5.41) is 9.92. The van der Waals surface area contributed by atoms with Gasteiger partial charge in [-0.05, 0) is 38.5 Å². The van der Waals surface area contributed by atoms with E-state index >= 15 is 0 Å². The molecule has 0 spiro atoms. The van der Waals surface area contributed by atoms with Gasteiger partial charge in [0, 0.05) is 25.0 Å². The van der Waals surface area contributed by atoms with Crippen LogP contribution < -0.4 is 5.73 Å². The average Bonchev–Trinajstić information content (AvgIpc) is 2.98. The fourth-order valence-electron chi connectivity index (χ4n) is 4.22. The molecule has 5 unspecified atom stereocenters. The van der Waals surface area contributed by atoms with Crippen LogP contribution >= 0.6 is 0 Å². The van der Waals surface area contributed by atoms with Crippen LogP contribution in [-0.2, 0) is 4.79 Å². The largest absolute Gasteiger partial charge is 0.393 e. The number of hydrogen-bond donors (Lipinski definition) is 2. The summed E-state index contributed by atoms with van der Waals surface area (Å²) in [6, 6.07) is 0.00960. The van der Waals surface area contributed by atoms with Gasteiger partial charge in [0.2, 0.25) is 5.91 Å². The number of nitrogens with two attached hydrogens (primary N) is 1. The minimum absolute atomic E-state index is 0.00960. The third-order valence-corrected chi connectivity index (χ3v) is 5.62. The number of amides is 1. The maximum atomic E-state index is 12.7. The van der Waals surface area contributed by atoms with E-state index < -0.39 is 0 Å². The number of carbonyl (C=O) groups excluding carboxylic acids is 1. The lowest BCUT2D eigenvalue weighted by Crippen LogP contribution is -2.49. The molecule has 3 aliphatic rings. The molecule has 0 aromatic carbocycles. The smallest absolute Gasteiger partial charge is 0.230 e. The molecule has 0 aromatic rings. The standard InChI is InChI=1S/C14H24N2O2/c1-14(6-2-3-12(14)15)13(18)16-7-9-4-5-11(17)10(9)8-16/h9-12,17H,2-8,15H2,1H3. The third-order valence-electron chi connectivity index (χ3n) is 5.62. The molecular weight excluding hydrogens is 228 g/mol. The number of likely N-dealkylation sites (tertiary alicyclic amines) is 1. The van der Waals surface area contributed by atoms with Crippen LogP contribution in [0.3, 0.4) is 0 Å². The fourth-order valence-corrected chi connectivity index (χ4v) is 4.22. The molecule has 0 bridgehead atoms. The molecule has 4 heteroatoms. The predicted molar refractivity (Wildman–Crippen MR) is 68.7 cm³/mol. The number of aliphatic hydroxyl groups excluding tert-OH is 1. The van der Waals surface area contributed by atoms with Crippen molar-refractivity contribution < 1.29 is 9.90 Å². The first kappa shape index (κ1) is 12.4. The Morgan fingerprint density at radius 3 is 2.72 bits per heavy atom. The quantitative estimate of drug-likeness (QED) is 0.723. The third kappa shape index (κ3) is 1.69. The molecule has 1 heterocycles. The summed E-state index contributed by atoms with van der Waals surface area (Å²) in [6.07, 6.45) is 4.73. The Balaban J connectivity index is 1.71. The lowest BCUT2D eigenvalue weighted by atomic mass is 9.83. The lowest BCUT2D eigenvalue weighted by Gasteiger charge is -2.33. The van der Waals surface area contributed by atoms with Gasteiger partial charge in [-0.1, -0.05) is 6.42 Å². The molecule has 4 nitrogen and oxygen atoms in total. The molecule has 1 amide bonds. The Kier molecular flexibility index (Phi) is 2.90. The van der Waals surface area contributed by atoms with Crippen LogP contribution in [0.25, 0.3) is 0 Å². The highest BCUT2D eigenvalue weighted by atomic mass is 16.3. The molecular formula is C14H24N2O2. The lowest BCUT2D eigenvalue weighted by molar-refractivity contribution is -0.141. The van der Waals surface area contributed by atoms with Crippen LogP contribution in [0.1, 0.15) is 39.0 Å². The first-order chi connectivity index (χ1) is 8.52. The van der Waals surface area contributed by atoms with Crippen molar-refractivity contribution in [2.45, 2.75) is 51.2 Å². The molecule has 2 saturated carbocycles. The number of hydrogen-bond acceptors (Lipinski definition) is 3. The fraction of sp³-hybridized carbons (Fsp3) is 0.929. The number of aliphatic hydroxyl groups is 1. The van der Waals surface area contributed by atoms with Gasteiger partial charge in [0.15, 0.2) is 0 Å². The van der Waals surface area contributed by atoms with Crippen LogP contribution in [0.4, 0.5) is 0 Å². The minimum atomic E-state index is -0.358. The molecule has 0 aromatic heterocycles. The Morgan fingerprint density at radius 2 is 2.11 bits per heavy atom. The van der Waals surface area contributed by atoms with Crippen molar-refractivity contribution in [3.05, 3.63) is 0 Å². The Hall–Kier alpha value is -0.610. The highest BCUT2D eigenvalue weighted by Crippen LogP contribution is 2.43. The van der Waals surface area contributed by atoms with E-state index in [-0.39, 0.29) is 23.5 Å². The van der Waals surface area contributed by atoms with Crippen LogP contribution in [-0.4, -0.2) is 41.1 Å². The highest BCUT2D eigenvalue weighted by molar-refractivity contribution is 5.84. The molecule has 2 aliphatic carbocycles. The second-order valence-corrected chi connectivity index (χ2v) is 6.69. The first-order valence-electron chi connectivity index (χ1n) is 7.25. The van der Waals surface area contributed by atoms with Gasteiger partial charge in [-0.15, -0.1) is 0 Å². The van der Waals surface area contributed by atoms with Crippen molar-refractivity contribution >= 4 is 5.91 Å². The zero-order valence-corrected chi connectivity index (χ0v) is 11.1. The second kappa shape index (κ2) is 4.20. The first-order valence-corrected chi connectivity index (χ1v) is 7.25. The van der Waals surface area contributed by atoms with Gasteiger partial charge in [0.05, 0.1) is 11.5 Å². The molecule has 0 radical (unpaired) electrons. The summed E-state index contributed by atoms with van der Waals surface area (Å²) < 4.78 is 0. The maximum absolute atomic E-state index is 12.7. The van der Waals surface area contributed by atoms with E-state index in [0.29, 0.717) is 11.8 Å². The van der Waals surface area contributed by atoms with Crippen molar-refractivity contribution in [2.75, 3.05) is 13.1 Å². The van der Waals surface area contributed by atoms with Gasteiger partial charge < -0.3 is 15.7 Å². The van der Waals surface area contributed by atoms with Crippen LogP contribution in [0.15, 0.2) is 0 Å². The molecule has 18 heavy (non-hydrogen) atoms. The van der Waals surface area contributed by atoms with E-state index in [2.05, 4.69) is 0 Å². The zero-order chi connectivity index (χ0) is 12.9. The predicted octanol–water partition coefficient (Wildman–Crippen LogP) is 0.733. The van der Waals surface area contributed by atoms with Crippen LogP contribution in [0.2, 0.25) is 0 Å². The molecule has 1 aliphatic heterocycles. The zero-order valence-electron chi connectivity index (χ0n) is 11.1. The Morgan fingerprint density at radius 1 is 1.33 bits per heavy atom. The Bertz CT molecular complexity index is 360. The van der Waals surface area contributed by atoms with Gasteiger partial charge in [0.25, 0.3) is 0 Å². The number of fused-ring (bicyclic) bond motifs is 1. The van der Waals surface area contributed by atoms with E-state index in [4.69, 9.17) is 5.73 Å². The maximum Gasteiger partial charge on any atom is 0.230 e. The average molecular weight is 252 g/mol. The summed E-state index contributed by atoms with van der Waals surface area (Å²) in [5.74, 6) is 1.06. The van der Waals surface area contributed by atoms with E-state index in [1.165, 1.54) is 0 Å². The number of rotatable bonds is 1. The minimum Gasteiger partial charge on any atom is -0.393 e. The number of nitrogens with zero attached hydrogens (tertiary/aromatic N) is 1. The van der Waals surface area contributed by atoms with Crippen molar-refractivity contribution in [1.82, 2.24) is 4.90 Å². The highest BCUT2D eigenvalue weighted by Gasteiger charge is 2.50. The van der Waals surface area contributed by atoms with E-state index in [1.807, 2.05) is 11.8 Å². The normalized spacial score (nSPS) is 47.6. The van der Waals surface area contributed by atoms with Crippen molar-refractivity contribution in [2.24, 2.45) is 23.0 Å². The van der Waals surface area contributed by atoms with Crippen molar-refractivity contribution in [3.63, 3.8) is 0 Å². The molecule has 3 rings (SSSR count). The van der Waals surface area contributed by atoms with Gasteiger partial charge >= 0.3 is 0 Å². The topological polar surface area (TPSA) is 66.6 Å². The Labute approximate surface area is 109 Å². The van der Waals surface area contributed by atoms with Gasteiger partial charge in [-0.3, -0.25) is 4.79 Å².